The van der Waals surface area contributed by atoms with Gasteiger partial charge in [0.25, 0.3) is 11.6 Å². The molecule has 0 saturated heterocycles. The summed E-state index contributed by atoms with van der Waals surface area (Å²) >= 11 is 0. The Bertz CT molecular complexity index is 599. The Hall–Kier alpha value is -2.36. The first-order valence-electron chi connectivity index (χ1n) is 5.84. The summed E-state index contributed by atoms with van der Waals surface area (Å²) in [4.78, 5) is 21.9. The highest BCUT2D eigenvalue weighted by Gasteiger charge is 2.64. The number of anilines is 1. The summed E-state index contributed by atoms with van der Waals surface area (Å²) < 4.78 is 38.4. The van der Waals surface area contributed by atoms with Crippen LogP contribution in [0.2, 0.25) is 0 Å². The van der Waals surface area contributed by atoms with Crippen molar-refractivity contribution >= 4 is 17.3 Å². The Morgan fingerprint density at radius 3 is 2.43 bits per heavy atom. The molecular weight excluding hydrogens is 293 g/mol. The van der Waals surface area contributed by atoms with Crippen molar-refractivity contribution in [2.45, 2.75) is 24.6 Å². The maximum Gasteiger partial charge on any atom is 0.411 e. The van der Waals surface area contributed by atoms with Crippen LogP contribution in [0.3, 0.4) is 0 Å². The van der Waals surface area contributed by atoms with Crippen molar-refractivity contribution in [2.24, 2.45) is 5.84 Å². The first-order chi connectivity index (χ1) is 9.70. The first-order valence-corrected chi connectivity index (χ1v) is 5.84. The fourth-order valence-electron chi connectivity index (χ4n) is 1.85. The number of non-ortho nitro benzene ring substituents is 1. The molecule has 0 aliphatic heterocycles. The number of carbonyl (C=O) groups is 1. The molecule has 21 heavy (non-hydrogen) atoms. The number of carbonyl (C=O) groups excluding carboxylic acids is 1. The number of nitro groups is 1. The maximum atomic E-state index is 12.8. The van der Waals surface area contributed by atoms with E-state index in [0.29, 0.717) is 0 Å². The average molecular weight is 304 g/mol. The zero-order valence-corrected chi connectivity index (χ0v) is 10.5. The Kier molecular flexibility index (Phi) is 3.49. The van der Waals surface area contributed by atoms with E-state index < -0.39 is 28.2 Å². The van der Waals surface area contributed by atoms with Crippen LogP contribution >= 0.6 is 0 Å². The molecule has 1 aromatic carbocycles. The van der Waals surface area contributed by atoms with Crippen molar-refractivity contribution in [3.63, 3.8) is 0 Å². The summed E-state index contributed by atoms with van der Waals surface area (Å²) in [5, 5.41) is 12.6. The Balaban J connectivity index is 2.31. The van der Waals surface area contributed by atoms with E-state index in [9.17, 15) is 28.1 Å². The normalized spacial score (nSPS) is 16.2. The summed E-state index contributed by atoms with van der Waals surface area (Å²) in [6.07, 6.45) is -5.01. The second kappa shape index (κ2) is 4.88. The van der Waals surface area contributed by atoms with E-state index in [2.05, 4.69) is 5.43 Å². The largest absolute Gasteiger partial charge is 0.411 e. The van der Waals surface area contributed by atoms with Gasteiger partial charge >= 0.3 is 6.18 Å². The SMILES string of the molecule is NNc1ccc([N+](=O)[O-])cc1C(=O)NC1(C(F)(F)F)CC1. The number of nitrogens with zero attached hydrogens (tertiary/aromatic N) is 1. The van der Waals surface area contributed by atoms with E-state index in [0.717, 1.165) is 18.2 Å². The third kappa shape index (κ3) is 2.75. The molecule has 1 fully saturated rings. The molecule has 0 bridgehead atoms. The van der Waals surface area contributed by atoms with Gasteiger partial charge in [0.1, 0.15) is 5.54 Å². The zero-order chi connectivity index (χ0) is 15.8. The molecule has 0 unspecified atom stereocenters. The van der Waals surface area contributed by atoms with Crippen LogP contribution in [-0.4, -0.2) is 22.5 Å². The summed E-state index contributed by atoms with van der Waals surface area (Å²) in [6, 6.07) is 3.11. The average Bonchev–Trinajstić information content (AvgIpc) is 3.18. The van der Waals surface area contributed by atoms with Gasteiger partial charge in [-0.15, -0.1) is 0 Å². The molecule has 1 aliphatic carbocycles. The standard InChI is InChI=1S/C11H11F3N4O3/c12-11(13,14)10(3-4-10)16-9(19)7-5-6(18(20)21)1-2-8(7)17-15/h1-2,5,17H,3-4,15H2,(H,16,19). The van der Waals surface area contributed by atoms with Crippen LogP contribution in [0, 0.1) is 10.1 Å². The third-order valence-electron chi connectivity index (χ3n) is 3.26. The monoisotopic (exact) mass is 304 g/mol. The second-order valence-corrected chi connectivity index (χ2v) is 4.67. The van der Waals surface area contributed by atoms with Crippen LogP contribution in [0.5, 0.6) is 0 Å². The number of nitrogens with one attached hydrogen (secondary N) is 2. The number of nitrogens with two attached hydrogens (primary N) is 1. The molecule has 4 N–H and O–H groups in total. The van der Waals surface area contributed by atoms with Crippen molar-refractivity contribution in [3.8, 4) is 0 Å². The van der Waals surface area contributed by atoms with Gasteiger partial charge < -0.3 is 10.7 Å². The van der Waals surface area contributed by atoms with Gasteiger partial charge in [-0.3, -0.25) is 20.8 Å². The topological polar surface area (TPSA) is 110 Å². The zero-order valence-electron chi connectivity index (χ0n) is 10.5. The quantitative estimate of drug-likeness (QED) is 0.445. The number of rotatable bonds is 4. The van der Waals surface area contributed by atoms with Crippen LogP contribution in [0.1, 0.15) is 23.2 Å². The molecule has 0 radical (unpaired) electrons. The van der Waals surface area contributed by atoms with Gasteiger partial charge in [0.05, 0.1) is 16.2 Å². The number of hydrazine groups is 1. The van der Waals surface area contributed by atoms with Gasteiger partial charge in [-0.25, -0.2) is 0 Å². The lowest BCUT2D eigenvalue weighted by Gasteiger charge is -2.21. The molecule has 1 amide bonds. The number of halogens is 3. The first kappa shape index (κ1) is 15.0. The molecule has 114 valence electrons. The van der Waals surface area contributed by atoms with Gasteiger partial charge in [0.2, 0.25) is 0 Å². The highest BCUT2D eigenvalue weighted by molar-refractivity contribution is 6.00. The maximum absolute atomic E-state index is 12.8. The number of nitro benzene ring substituents is 1. The van der Waals surface area contributed by atoms with E-state index in [1.54, 1.807) is 0 Å². The fourth-order valence-corrected chi connectivity index (χ4v) is 1.85. The number of hydrogen-bond donors (Lipinski definition) is 3. The number of alkyl halides is 3. The molecule has 10 heteroatoms. The van der Waals surface area contributed by atoms with E-state index >= 15 is 0 Å². The summed E-state index contributed by atoms with van der Waals surface area (Å²) in [5.74, 6) is 4.09. The van der Waals surface area contributed by atoms with Gasteiger partial charge in [-0.2, -0.15) is 13.2 Å². The Morgan fingerprint density at radius 1 is 1.38 bits per heavy atom. The Morgan fingerprint density at radius 2 is 2.00 bits per heavy atom. The Labute approximate surface area is 116 Å². The predicted molar refractivity (Wildman–Crippen MR) is 66.4 cm³/mol. The van der Waals surface area contributed by atoms with Gasteiger partial charge in [-0.05, 0) is 18.9 Å². The highest BCUT2D eigenvalue weighted by Crippen LogP contribution is 2.49. The number of nitrogen functional groups attached to an aromatic ring is 1. The van der Waals surface area contributed by atoms with Crippen molar-refractivity contribution in [2.75, 3.05) is 5.43 Å². The minimum Gasteiger partial charge on any atom is -0.338 e. The van der Waals surface area contributed by atoms with Gasteiger partial charge in [0, 0.05) is 12.1 Å². The van der Waals surface area contributed by atoms with Crippen LogP contribution in [0.25, 0.3) is 0 Å². The molecule has 0 atom stereocenters. The molecule has 1 saturated carbocycles. The van der Waals surface area contributed by atoms with Crippen LogP contribution in [0.4, 0.5) is 24.5 Å². The van der Waals surface area contributed by atoms with E-state index in [-0.39, 0.29) is 24.1 Å². The van der Waals surface area contributed by atoms with Crippen molar-refractivity contribution < 1.29 is 22.9 Å². The lowest BCUT2D eigenvalue weighted by atomic mass is 10.1. The van der Waals surface area contributed by atoms with Gasteiger partial charge in [-0.1, -0.05) is 0 Å². The van der Waals surface area contributed by atoms with Crippen molar-refractivity contribution in [1.82, 2.24) is 5.32 Å². The smallest absolute Gasteiger partial charge is 0.338 e. The molecule has 0 heterocycles. The fraction of sp³-hybridized carbons (Fsp3) is 0.364. The summed E-state index contributed by atoms with van der Waals surface area (Å²) in [5.41, 5.74) is -0.868. The lowest BCUT2D eigenvalue weighted by molar-refractivity contribution is -0.384. The van der Waals surface area contributed by atoms with Crippen LogP contribution in [0.15, 0.2) is 18.2 Å². The third-order valence-corrected chi connectivity index (χ3v) is 3.26. The molecule has 0 spiro atoms. The molecule has 2 rings (SSSR count). The minimum atomic E-state index is -4.57. The summed E-state index contributed by atoms with van der Waals surface area (Å²) in [6.45, 7) is 0. The molecular formula is C11H11F3N4O3. The van der Waals surface area contributed by atoms with E-state index in [1.165, 1.54) is 0 Å². The molecule has 0 aromatic heterocycles. The minimum absolute atomic E-state index is 0.00363. The van der Waals surface area contributed by atoms with Crippen molar-refractivity contribution in [3.05, 3.63) is 33.9 Å². The van der Waals surface area contributed by atoms with Crippen LogP contribution in [-0.2, 0) is 0 Å². The predicted octanol–water partition coefficient (Wildman–Crippen LogP) is 1.71. The molecule has 1 aromatic rings. The molecule has 1 aliphatic rings. The lowest BCUT2D eigenvalue weighted by Crippen LogP contribution is -2.48. The van der Waals surface area contributed by atoms with Gasteiger partial charge in [0.15, 0.2) is 0 Å². The molecule has 7 nitrogen and oxygen atoms in total. The van der Waals surface area contributed by atoms with Crippen LogP contribution < -0.4 is 16.6 Å². The highest BCUT2D eigenvalue weighted by atomic mass is 19.4. The van der Waals surface area contributed by atoms with E-state index in [4.69, 9.17) is 5.84 Å². The summed E-state index contributed by atoms with van der Waals surface area (Å²) in [7, 11) is 0. The van der Waals surface area contributed by atoms with Crippen molar-refractivity contribution in [1.29, 1.82) is 0 Å². The second-order valence-electron chi connectivity index (χ2n) is 4.67. The van der Waals surface area contributed by atoms with E-state index in [1.807, 2.05) is 5.32 Å². The number of hydrogen-bond acceptors (Lipinski definition) is 5. The number of amides is 1. The number of benzene rings is 1.